The Morgan fingerprint density at radius 2 is 2.21 bits per heavy atom. The normalized spacial score (nSPS) is 25.6. The number of alkyl halides is 1. The molecule has 0 bridgehead atoms. The van der Waals surface area contributed by atoms with Gasteiger partial charge in [0, 0.05) is 5.02 Å². The largest absolute Gasteiger partial charge is 0.321 e. The Hall–Kier alpha value is -0.800. The lowest BCUT2D eigenvalue weighted by Gasteiger charge is -2.31. The molecule has 2 N–H and O–H groups in total. The molecule has 1 aliphatic carbocycles. The molecule has 0 aromatic heterocycles. The second-order valence-electron chi connectivity index (χ2n) is 3.48. The lowest BCUT2D eigenvalue weighted by molar-refractivity contribution is 0.149. The van der Waals surface area contributed by atoms with Gasteiger partial charge in [-0.1, -0.05) is 17.7 Å². The van der Waals surface area contributed by atoms with Crippen LogP contribution < -0.4 is 10.9 Å². The minimum absolute atomic E-state index is 0.0611. The molecule has 0 spiro atoms. The first kappa shape index (κ1) is 9.74. The Morgan fingerprint density at radius 1 is 1.36 bits per heavy atom. The molecule has 1 aliphatic rings. The fourth-order valence-electron chi connectivity index (χ4n) is 1.36. The van der Waals surface area contributed by atoms with Crippen molar-refractivity contribution in [3.63, 3.8) is 0 Å². The molecule has 2 unspecified atom stereocenters. The van der Waals surface area contributed by atoms with E-state index in [2.05, 4.69) is 10.9 Å². The Balaban J connectivity index is 1.85. The molecule has 2 nitrogen and oxygen atoms in total. The lowest BCUT2D eigenvalue weighted by atomic mass is 9.91. The third kappa shape index (κ3) is 2.16. The van der Waals surface area contributed by atoms with E-state index in [1.165, 1.54) is 0 Å². The Kier molecular flexibility index (Phi) is 2.89. The number of hydrazine groups is 1. The summed E-state index contributed by atoms with van der Waals surface area (Å²) in [5, 5.41) is 0.669. The second-order valence-corrected chi connectivity index (χ2v) is 3.92. The fraction of sp³-hybridized carbons (Fsp3) is 0.400. The molecule has 14 heavy (non-hydrogen) atoms. The van der Waals surface area contributed by atoms with Crippen molar-refractivity contribution in [3.05, 3.63) is 29.3 Å². The second kappa shape index (κ2) is 4.15. The van der Waals surface area contributed by atoms with E-state index in [1.807, 2.05) is 12.1 Å². The number of anilines is 1. The molecule has 0 amide bonds. The summed E-state index contributed by atoms with van der Waals surface area (Å²) in [7, 11) is 0. The Morgan fingerprint density at radius 3 is 2.79 bits per heavy atom. The first-order valence-corrected chi connectivity index (χ1v) is 5.05. The summed E-state index contributed by atoms with van der Waals surface area (Å²) < 4.78 is 12.8. The van der Waals surface area contributed by atoms with Crippen LogP contribution in [0.5, 0.6) is 0 Å². The van der Waals surface area contributed by atoms with Crippen molar-refractivity contribution >= 4 is 17.3 Å². The van der Waals surface area contributed by atoms with Gasteiger partial charge >= 0.3 is 0 Å². The van der Waals surface area contributed by atoms with Crippen molar-refractivity contribution < 1.29 is 4.39 Å². The number of benzene rings is 1. The molecule has 76 valence electrons. The standard InChI is InChI=1S/C10H12ClFN2/c11-7-2-1-3-8(6-7)13-14-10-5-4-9(10)12/h1-3,6,9-10,13-14H,4-5H2. The van der Waals surface area contributed by atoms with Crippen LogP contribution >= 0.6 is 11.6 Å². The van der Waals surface area contributed by atoms with Crippen LogP contribution in [0.15, 0.2) is 24.3 Å². The SMILES string of the molecule is FC1CCC1NNc1cccc(Cl)c1. The number of hydrogen-bond acceptors (Lipinski definition) is 2. The molecule has 2 rings (SSSR count). The van der Waals surface area contributed by atoms with Gasteiger partial charge in [0.2, 0.25) is 0 Å². The molecule has 4 heteroatoms. The van der Waals surface area contributed by atoms with Gasteiger partial charge in [-0.3, -0.25) is 0 Å². The van der Waals surface area contributed by atoms with Crippen molar-refractivity contribution in [1.29, 1.82) is 0 Å². The molecule has 0 heterocycles. The summed E-state index contributed by atoms with van der Waals surface area (Å²) >= 11 is 5.79. The van der Waals surface area contributed by atoms with E-state index in [1.54, 1.807) is 12.1 Å². The molecule has 1 saturated carbocycles. The van der Waals surface area contributed by atoms with E-state index in [4.69, 9.17) is 11.6 Å². The van der Waals surface area contributed by atoms with Crippen LogP contribution in [0.4, 0.5) is 10.1 Å². The molecule has 1 aromatic rings. The predicted octanol–water partition coefficient (Wildman–Crippen LogP) is 2.76. The zero-order chi connectivity index (χ0) is 9.97. The van der Waals surface area contributed by atoms with Crippen molar-refractivity contribution in [2.45, 2.75) is 25.1 Å². The number of rotatable bonds is 3. The van der Waals surface area contributed by atoms with E-state index in [9.17, 15) is 4.39 Å². The highest BCUT2D eigenvalue weighted by molar-refractivity contribution is 6.30. The molecular weight excluding hydrogens is 203 g/mol. The maximum Gasteiger partial charge on any atom is 0.117 e. The first-order chi connectivity index (χ1) is 6.75. The monoisotopic (exact) mass is 214 g/mol. The van der Waals surface area contributed by atoms with Crippen LogP contribution in [0.25, 0.3) is 0 Å². The summed E-state index contributed by atoms with van der Waals surface area (Å²) in [6, 6.07) is 7.26. The predicted molar refractivity (Wildman–Crippen MR) is 56.1 cm³/mol. The third-order valence-electron chi connectivity index (χ3n) is 2.42. The van der Waals surface area contributed by atoms with Gasteiger partial charge in [-0.15, -0.1) is 0 Å². The van der Waals surface area contributed by atoms with Crippen LogP contribution in [-0.4, -0.2) is 12.2 Å². The average molecular weight is 215 g/mol. The average Bonchev–Trinajstić information content (AvgIpc) is 2.16. The van der Waals surface area contributed by atoms with Crippen LogP contribution in [0, 0.1) is 0 Å². The first-order valence-electron chi connectivity index (χ1n) is 4.67. The van der Waals surface area contributed by atoms with E-state index < -0.39 is 6.17 Å². The van der Waals surface area contributed by atoms with Crippen molar-refractivity contribution in [2.75, 3.05) is 5.43 Å². The molecule has 0 aliphatic heterocycles. The van der Waals surface area contributed by atoms with E-state index >= 15 is 0 Å². The van der Waals surface area contributed by atoms with Crippen LogP contribution in [0.1, 0.15) is 12.8 Å². The van der Waals surface area contributed by atoms with Gasteiger partial charge in [0.25, 0.3) is 0 Å². The maximum absolute atomic E-state index is 12.8. The van der Waals surface area contributed by atoms with Gasteiger partial charge in [-0.05, 0) is 31.0 Å². The van der Waals surface area contributed by atoms with Crippen LogP contribution in [0.2, 0.25) is 5.02 Å². The quantitative estimate of drug-likeness (QED) is 0.757. The number of hydrogen-bond donors (Lipinski definition) is 2. The zero-order valence-corrected chi connectivity index (χ0v) is 8.39. The third-order valence-corrected chi connectivity index (χ3v) is 2.65. The smallest absolute Gasteiger partial charge is 0.117 e. The summed E-state index contributed by atoms with van der Waals surface area (Å²) in [5.74, 6) is 0. The van der Waals surface area contributed by atoms with E-state index in [-0.39, 0.29) is 6.04 Å². The Bertz CT molecular complexity index is 319. The molecule has 0 radical (unpaired) electrons. The lowest BCUT2D eigenvalue weighted by Crippen LogP contribution is -2.47. The van der Waals surface area contributed by atoms with Gasteiger partial charge < -0.3 is 5.43 Å². The molecule has 1 aromatic carbocycles. The van der Waals surface area contributed by atoms with Crippen LogP contribution in [0.3, 0.4) is 0 Å². The summed E-state index contributed by atoms with van der Waals surface area (Å²) in [6.07, 6.45) is 0.825. The van der Waals surface area contributed by atoms with Crippen molar-refractivity contribution in [1.82, 2.24) is 5.43 Å². The van der Waals surface area contributed by atoms with Crippen LogP contribution in [-0.2, 0) is 0 Å². The van der Waals surface area contributed by atoms with Crippen molar-refractivity contribution in [3.8, 4) is 0 Å². The van der Waals surface area contributed by atoms with E-state index in [0.29, 0.717) is 11.4 Å². The minimum atomic E-state index is -0.721. The minimum Gasteiger partial charge on any atom is -0.321 e. The highest BCUT2D eigenvalue weighted by Crippen LogP contribution is 2.23. The summed E-state index contributed by atoms with van der Waals surface area (Å²) in [5.41, 5.74) is 6.73. The maximum atomic E-state index is 12.8. The van der Waals surface area contributed by atoms with Gasteiger partial charge in [0.15, 0.2) is 0 Å². The zero-order valence-electron chi connectivity index (χ0n) is 7.63. The highest BCUT2D eigenvalue weighted by Gasteiger charge is 2.30. The number of halogens is 2. The number of nitrogens with one attached hydrogen (secondary N) is 2. The summed E-state index contributed by atoms with van der Waals surface area (Å²) in [4.78, 5) is 0. The molecular formula is C10H12ClFN2. The topological polar surface area (TPSA) is 24.1 Å². The molecule has 0 saturated heterocycles. The fourth-order valence-corrected chi connectivity index (χ4v) is 1.55. The summed E-state index contributed by atoms with van der Waals surface area (Å²) in [6.45, 7) is 0. The molecule has 2 atom stereocenters. The van der Waals surface area contributed by atoms with Gasteiger partial charge in [0.05, 0.1) is 11.7 Å². The van der Waals surface area contributed by atoms with Gasteiger partial charge in [-0.25, -0.2) is 9.82 Å². The van der Waals surface area contributed by atoms with Gasteiger partial charge in [-0.2, -0.15) is 0 Å². The van der Waals surface area contributed by atoms with Crippen molar-refractivity contribution in [2.24, 2.45) is 0 Å². The molecule has 1 fully saturated rings. The highest BCUT2D eigenvalue weighted by atomic mass is 35.5. The van der Waals surface area contributed by atoms with Gasteiger partial charge in [0.1, 0.15) is 6.17 Å². The Labute approximate surface area is 87.4 Å². The van der Waals surface area contributed by atoms with E-state index in [0.717, 1.165) is 12.1 Å².